The van der Waals surface area contributed by atoms with Gasteiger partial charge in [-0.25, -0.2) is 22.0 Å². The molecule has 0 heterocycles. The number of hydrogen-bond acceptors (Lipinski definition) is 2. The van der Waals surface area contributed by atoms with Gasteiger partial charge in [-0.2, -0.15) is 0 Å². The monoisotopic (exact) mass is 241 g/mol. The van der Waals surface area contributed by atoms with E-state index < -0.39 is 41.6 Å². The van der Waals surface area contributed by atoms with E-state index in [4.69, 9.17) is 10.8 Å². The van der Waals surface area contributed by atoms with Gasteiger partial charge in [0.1, 0.15) is 30.1 Å². The zero-order chi connectivity index (χ0) is 12.5. The molecule has 1 atom stereocenters. The van der Waals surface area contributed by atoms with Crippen molar-refractivity contribution in [3.05, 3.63) is 35.1 Å². The highest BCUT2D eigenvalue weighted by molar-refractivity contribution is 5.25. The van der Waals surface area contributed by atoms with Crippen molar-refractivity contribution in [3.63, 3.8) is 0 Å². The van der Waals surface area contributed by atoms with E-state index in [2.05, 4.69) is 0 Å². The molecule has 0 aliphatic carbocycles. The standard InChI is InChI=1S/C9H8F5NO/c10-4-1-5(11)7(6(12)2-4)8(15)9(13,14)3-16/h1-2,8,16H,3,15H2/t8-/m0/s1. The summed E-state index contributed by atoms with van der Waals surface area (Å²) in [4.78, 5) is 0. The van der Waals surface area contributed by atoms with Gasteiger partial charge in [0.05, 0.1) is 0 Å². The van der Waals surface area contributed by atoms with Crippen LogP contribution < -0.4 is 5.73 Å². The van der Waals surface area contributed by atoms with E-state index >= 15 is 0 Å². The van der Waals surface area contributed by atoms with E-state index in [0.717, 1.165) is 0 Å². The summed E-state index contributed by atoms with van der Waals surface area (Å²) in [5, 5.41) is 8.31. The molecule has 0 amide bonds. The molecule has 0 aliphatic rings. The topological polar surface area (TPSA) is 46.2 Å². The number of alkyl halides is 2. The van der Waals surface area contributed by atoms with Gasteiger partial charge in [0.25, 0.3) is 5.92 Å². The van der Waals surface area contributed by atoms with E-state index in [0.29, 0.717) is 0 Å². The molecule has 0 spiro atoms. The van der Waals surface area contributed by atoms with Gasteiger partial charge in [0.2, 0.25) is 0 Å². The van der Waals surface area contributed by atoms with Crippen molar-refractivity contribution in [3.8, 4) is 0 Å². The van der Waals surface area contributed by atoms with Gasteiger partial charge in [-0.3, -0.25) is 0 Å². The Hall–Kier alpha value is -1.21. The van der Waals surface area contributed by atoms with Gasteiger partial charge in [-0.1, -0.05) is 0 Å². The fourth-order valence-electron chi connectivity index (χ4n) is 1.16. The number of aliphatic hydroxyl groups is 1. The molecule has 1 rings (SSSR count). The normalized spacial score (nSPS) is 13.9. The van der Waals surface area contributed by atoms with Gasteiger partial charge in [0.15, 0.2) is 0 Å². The van der Waals surface area contributed by atoms with Crippen molar-refractivity contribution >= 4 is 0 Å². The van der Waals surface area contributed by atoms with Crippen LogP contribution in [0.15, 0.2) is 12.1 Å². The molecule has 0 aliphatic heterocycles. The Labute approximate surface area is 87.5 Å². The van der Waals surface area contributed by atoms with Crippen LogP contribution >= 0.6 is 0 Å². The van der Waals surface area contributed by atoms with Crippen LogP contribution in [0.5, 0.6) is 0 Å². The van der Waals surface area contributed by atoms with Gasteiger partial charge < -0.3 is 10.8 Å². The van der Waals surface area contributed by atoms with Crippen LogP contribution in [0.3, 0.4) is 0 Å². The zero-order valence-electron chi connectivity index (χ0n) is 7.85. The summed E-state index contributed by atoms with van der Waals surface area (Å²) < 4.78 is 64.4. The first-order chi connectivity index (χ1) is 7.29. The van der Waals surface area contributed by atoms with Crippen molar-refractivity contribution in [2.45, 2.75) is 12.0 Å². The third kappa shape index (κ3) is 2.30. The second kappa shape index (κ2) is 4.34. The molecule has 0 bridgehead atoms. The predicted octanol–water partition coefficient (Wildman–Crippen LogP) is 1.73. The van der Waals surface area contributed by atoms with Crippen molar-refractivity contribution < 1.29 is 27.1 Å². The lowest BCUT2D eigenvalue weighted by molar-refractivity contribution is -0.0726. The highest BCUT2D eigenvalue weighted by Gasteiger charge is 2.40. The van der Waals surface area contributed by atoms with E-state index in [-0.39, 0.29) is 12.1 Å². The molecule has 0 aromatic heterocycles. The van der Waals surface area contributed by atoms with Crippen LogP contribution in [0.25, 0.3) is 0 Å². The minimum atomic E-state index is -3.89. The maximum absolute atomic E-state index is 13.1. The molecule has 0 saturated carbocycles. The fourth-order valence-corrected chi connectivity index (χ4v) is 1.16. The Balaban J connectivity index is 3.24. The van der Waals surface area contributed by atoms with Crippen LogP contribution in [-0.2, 0) is 0 Å². The first-order valence-corrected chi connectivity index (χ1v) is 4.18. The molecule has 0 fully saturated rings. The molecule has 3 N–H and O–H groups in total. The minimum absolute atomic E-state index is 0.242. The summed E-state index contributed by atoms with van der Waals surface area (Å²) in [6.07, 6.45) is 0. The number of halogens is 5. The van der Waals surface area contributed by atoms with E-state index in [1.54, 1.807) is 0 Å². The molecule has 7 heteroatoms. The third-order valence-electron chi connectivity index (χ3n) is 2.02. The highest BCUT2D eigenvalue weighted by Crippen LogP contribution is 2.32. The lowest BCUT2D eigenvalue weighted by Crippen LogP contribution is -2.37. The average molecular weight is 241 g/mol. The third-order valence-corrected chi connectivity index (χ3v) is 2.02. The van der Waals surface area contributed by atoms with Crippen LogP contribution in [0.2, 0.25) is 0 Å². The van der Waals surface area contributed by atoms with Crippen LogP contribution in [0.1, 0.15) is 11.6 Å². The Morgan fingerprint density at radius 3 is 2.00 bits per heavy atom. The minimum Gasteiger partial charge on any atom is -0.390 e. The maximum atomic E-state index is 13.1. The Bertz CT molecular complexity index is 372. The fraction of sp³-hybridized carbons (Fsp3) is 0.333. The maximum Gasteiger partial charge on any atom is 0.289 e. The second-order valence-corrected chi connectivity index (χ2v) is 3.18. The SMILES string of the molecule is N[C@@H](c1c(F)cc(F)cc1F)C(F)(F)CO. The molecule has 1 aromatic rings. The molecule has 1 aromatic carbocycles. The summed E-state index contributed by atoms with van der Waals surface area (Å²) in [6, 6.07) is -1.89. The highest BCUT2D eigenvalue weighted by atomic mass is 19.3. The van der Waals surface area contributed by atoms with Crippen molar-refractivity contribution in [2.75, 3.05) is 6.61 Å². The zero-order valence-corrected chi connectivity index (χ0v) is 7.85. The Morgan fingerprint density at radius 1 is 1.19 bits per heavy atom. The first-order valence-electron chi connectivity index (χ1n) is 4.18. The Morgan fingerprint density at radius 2 is 1.62 bits per heavy atom. The largest absolute Gasteiger partial charge is 0.390 e. The van der Waals surface area contributed by atoms with Crippen molar-refractivity contribution in [2.24, 2.45) is 5.73 Å². The van der Waals surface area contributed by atoms with Gasteiger partial charge in [-0.15, -0.1) is 0 Å². The number of hydrogen-bond donors (Lipinski definition) is 2. The van der Waals surface area contributed by atoms with Gasteiger partial charge in [0, 0.05) is 17.7 Å². The predicted molar refractivity (Wildman–Crippen MR) is 45.3 cm³/mol. The molecule has 16 heavy (non-hydrogen) atoms. The van der Waals surface area contributed by atoms with Gasteiger partial charge in [-0.05, 0) is 0 Å². The summed E-state index contributed by atoms with van der Waals surface area (Å²) in [6.45, 7) is -1.66. The number of nitrogens with two attached hydrogens (primary N) is 1. The van der Waals surface area contributed by atoms with E-state index in [1.807, 2.05) is 0 Å². The molecular weight excluding hydrogens is 233 g/mol. The molecule has 0 unspecified atom stereocenters. The summed E-state index contributed by atoms with van der Waals surface area (Å²) in [5.41, 5.74) is 3.77. The van der Waals surface area contributed by atoms with Crippen LogP contribution in [0.4, 0.5) is 22.0 Å². The average Bonchev–Trinajstić information content (AvgIpc) is 2.15. The smallest absolute Gasteiger partial charge is 0.289 e. The molecule has 90 valence electrons. The lowest BCUT2D eigenvalue weighted by Gasteiger charge is -2.22. The summed E-state index contributed by atoms with van der Waals surface area (Å²) in [7, 11) is 0. The second-order valence-electron chi connectivity index (χ2n) is 3.18. The van der Waals surface area contributed by atoms with Crippen LogP contribution in [0, 0.1) is 17.5 Å². The van der Waals surface area contributed by atoms with Crippen molar-refractivity contribution in [1.82, 2.24) is 0 Å². The summed E-state index contributed by atoms with van der Waals surface area (Å²) >= 11 is 0. The lowest BCUT2D eigenvalue weighted by atomic mass is 10.0. The Kier molecular flexibility index (Phi) is 3.49. The van der Waals surface area contributed by atoms with Crippen LogP contribution in [-0.4, -0.2) is 17.6 Å². The van der Waals surface area contributed by atoms with Crippen molar-refractivity contribution in [1.29, 1.82) is 0 Å². The molecule has 2 nitrogen and oxygen atoms in total. The summed E-state index contributed by atoms with van der Waals surface area (Å²) in [5.74, 6) is -8.16. The number of benzene rings is 1. The quantitative estimate of drug-likeness (QED) is 0.791. The van der Waals surface area contributed by atoms with E-state index in [9.17, 15) is 22.0 Å². The number of aliphatic hydroxyl groups excluding tert-OH is 1. The molecule has 0 saturated heterocycles. The first kappa shape index (κ1) is 12.9. The molecule has 0 radical (unpaired) electrons. The van der Waals surface area contributed by atoms with Gasteiger partial charge >= 0.3 is 0 Å². The van der Waals surface area contributed by atoms with E-state index in [1.165, 1.54) is 0 Å². The molecular formula is C9H8F5NO. The number of rotatable bonds is 3.